The molecule has 0 saturated heterocycles. The maximum absolute atomic E-state index is 14.6. The first kappa shape index (κ1) is 42.1. The molecule has 0 radical (unpaired) electrons. The Morgan fingerprint density at radius 3 is 2.39 bits per heavy atom. The highest BCUT2D eigenvalue weighted by molar-refractivity contribution is 7.89. The lowest BCUT2D eigenvalue weighted by molar-refractivity contribution is -0.124. The van der Waals surface area contributed by atoms with Crippen molar-refractivity contribution in [2.45, 2.75) is 123 Å². The van der Waals surface area contributed by atoms with Crippen LogP contribution < -0.4 is 10.1 Å². The normalized spacial score (nSPS) is 16.8. The molecule has 0 bridgehead atoms. The molecule has 0 spiro atoms. The Balaban J connectivity index is 1.37. The van der Waals surface area contributed by atoms with E-state index in [0.717, 1.165) is 38.9 Å². The van der Waals surface area contributed by atoms with Gasteiger partial charge in [-0.15, -0.1) is 5.10 Å². The molecule has 5 aromatic rings. The van der Waals surface area contributed by atoms with E-state index in [1.807, 2.05) is 64.4 Å². The second-order valence-electron chi connectivity index (χ2n) is 17.2. The number of nitrogens with one attached hydrogen (secondary N) is 1. The number of sulfonamides is 1. The van der Waals surface area contributed by atoms with E-state index in [1.54, 1.807) is 36.7 Å². The van der Waals surface area contributed by atoms with Gasteiger partial charge in [0.2, 0.25) is 15.9 Å². The molecule has 6 rings (SSSR count). The molecule has 12 nitrogen and oxygen atoms in total. The van der Waals surface area contributed by atoms with Gasteiger partial charge in [-0.1, -0.05) is 83.2 Å². The summed E-state index contributed by atoms with van der Waals surface area (Å²) in [6.45, 7) is 24.2. The summed E-state index contributed by atoms with van der Waals surface area (Å²) in [6.07, 6.45) is 3.58. The molecular weight excluding hydrogens is 755 g/mol. The van der Waals surface area contributed by atoms with Crippen LogP contribution in [-0.4, -0.2) is 64.6 Å². The first-order chi connectivity index (χ1) is 26.8. The number of carbonyl (C=O) groups is 1. The van der Waals surface area contributed by atoms with Crippen LogP contribution in [0.25, 0.3) is 11.0 Å². The summed E-state index contributed by atoms with van der Waals surface area (Å²) in [7, 11) is -5.88. The molecule has 2 atom stereocenters. The number of ether oxygens (including phenoxy) is 1. The largest absolute Gasteiger partial charge is 0.488 e. The third kappa shape index (κ3) is 8.41. The summed E-state index contributed by atoms with van der Waals surface area (Å²) in [4.78, 5) is 23.8. The molecule has 2 aromatic heterocycles. The molecule has 1 aliphatic heterocycles. The molecule has 0 fully saturated rings. The highest BCUT2D eigenvalue weighted by atomic mass is 32.2. The SMILES string of the molecule is CC[C@@H]1CN(Cc2cc([C@@H](c3ccc4c(nnn4CC)c3C)C(C)(C)C(=O)Nc3cnc(CO[Si](C)(C)C(C)(C)C)nc3)ccc2C)S(=O)(=O)c2ccccc2O1. The molecule has 1 amide bonds. The van der Waals surface area contributed by atoms with Crippen LogP contribution in [0, 0.1) is 19.3 Å². The Labute approximate surface area is 338 Å². The van der Waals surface area contributed by atoms with Gasteiger partial charge in [0.25, 0.3) is 0 Å². The number of hydrogen-bond donors (Lipinski definition) is 1. The number of aromatic nitrogens is 5. The van der Waals surface area contributed by atoms with E-state index in [9.17, 15) is 13.2 Å². The lowest BCUT2D eigenvalue weighted by Gasteiger charge is -2.36. The molecule has 1 N–H and O–H groups in total. The number of hydrogen-bond acceptors (Lipinski definition) is 9. The van der Waals surface area contributed by atoms with E-state index >= 15 is 0 Å². The van der Waals surface area contributed by atoms with Crippen LogP contribution in [0.3, 0.4) is 0 Å². The van der Waals surface area contributed by atoms with Gasteiger partial charge in [0.15, 0.2) is 14.1 Å². The zero-order valence-electron chi connectivity index (χ0n) is 35.2. The number of carbonyl (C=O) groups excluding carboxylic acids is 1. The van der Waals surface area contributed by atoms with E-state index in [4.69, 9.17) is 9.16 Å². The third-order valence-electron chi connectivity index (χ3n) is 11.9. The van der Waals surface area contributed by atoms with Gasteiger partial charge >= 0.3 is 0 Å². The fourth-order valence-electron chi connectivity index (χ4n) is 7.13. The lowest BCUT2D eigenvalue weighted by Crippen LogP contribution is -2.40. The summed E-state index contributed by atoms with van der Waals surface area (Å²) in [5, 5.41) is 12.1. The average Bonchev–Trinajstić information content (AvgIpc) is 3.55. The number of nitrogens with zero attached hydrogens (tertiary/aromatic N) is 6. The van der Waals surface area contributed by atoms with Crippen molar-refractivity contribution in [2.75, 3.05) is 11.9 Å². The molecule has 1 aliphatic rings. The van der Waals surface area contributed by atoms with Crippen molar-refractivity contribution >= 4 is 41.0 Å². The molecule has 0 saturated carbocycles. The topological polar surface area (TPSA) is 141 Å². The van der Waals surface area contributed by atoms with Gasteiger partial charge in [-0.2, -0.15) is 4.31 Å². The van der Waals surface area contributed by atoms with Crippen LogP contribution in [0.5, 0.6) is 5.75 Å². The van der Waals surface area contributed by atoms with Crippen molar-refractivity contribution in [3.8, 4) is 5.75 Å². The molecule has 3 aromatic carbocycles. The highest BCUT2D eigenvalue weighted by Crippen LogP contribution is 2.45. The lowest BCUT2D eigenvalue weighted by atomic mass is 9.69. The van der Waals surface area contributed by atoms with Crippen LogP contribution in [0.4, 0.5) is 5.69 Å². The molecule has 304 valence electrons. The first-order valence-electron chi connectivity index (χ1n) is 19.7. The average molecular weight is 812 g/mol. The van der Waals surface area contributed by atoms with Gasteiger partial charge in [-0.05, 0) is 91.3 Å². The van der Waals surface area contributed by atoms with Crippen LogP contribution in [0.15, 0.2) is 71.9 Å². The Kier molecular flexibility index (Phi) is 11.8. The van der Waals surface area contributed by atoms with Crippen LogP contribution in [0.1, 0.15) is 94.4 Å². The Hall–Kier alpha value is -4.50. The summed E-state index contributed by atoms with van der Waals surface area (Å²) < 4.78 is 44.2. The smallest absolute Gasteiger partial charge is 0.247 e. The van der Waals surface area contributed by atoms with Crippen molar-refractivity contribution in [3.63, 3.8) is 0 Å². The standard InChI is InChI=1S/C43H57N7O5SSi/c1-12-33-26-49(56(52,53)37-17-15-14-16-36(37)55-33)25-31-22-30(19-18-28(31)3)39(34-20-21-35-40(29(34)4)47-48-50(35)13-2)43(8,9)41(51)46-32-23-44-38(45-24-32)27-54-57(10,11)42(5,6)7/h14-24,33,39H,12-13,25-27H2,1-11H3,(H,46,51)/t33-,39+/m1/s1. The molecular formula is C43H57N7O5SSi. The number of rotatable bonds is 12. The number of benzene rings is 3. The van der Waals surface area contributed by atoms with Gasteiger partial charge in [0.05, 0.1) is 42.2 Å². The van der Waals surface area contributed by atoms with Crippen molar-refractivity contribution in [1.82, 2.24) is 29.3 Å². The Morgan fingerprint density at radius 1 is 1.02 bits per heavy atom. The van der Waals surface area contributed by atoms with E-state index in [1.165, 1.54) is 4.31 Å². The van der Waals surface area contributed by atoms with Crippen LogP contribution >= 0.6 is 0 Å². The predicted molar refractivity (Wildman–Crippen MR) is 226 cm³/mol. The van der Waals surface area contributed by atoms with Crippen molar-refractivity contribution in [1.29, 1.82) is 0 Å². The summed E-state index contributed by atoms with van der Waals surface area (Å²) in [6, 6.07) is 17.0. The van der Waals surface area contributed by atoms with Gasteiger partial charge in [-0.25, -0.2) is 23.1 Å². The summed E-state index contributed by atoms with van der Waals surface area (Å²) in [5.74, 6) is 0.225. The quantitative estimate of drug-likeness (QED) is 0.123. The maximum Gasteiger partial charge on any atom is 0.247 e. The van der Waals surface area contributed by atoms with Crippen LogP contribution in [-0.2, 0) is 38.9 Å². The molecule has 57 heavy (non-hydrogen) atoms. The Bertz CT molecular complexity index is 2370. The predicted octanol–water partition coefficient (Wildman–Crippen LogP) is 8.54. The van der Waals surface area contributed by atoms with Gasteiger partial charge < -0.3 is 14.5 Å². The number of fused-ring (bicyclic) bond motifs is 2. The second-order valence-corrected chi connectivity index (χ2v) is 23.9. The number of aryl methyl sites for hydroxylation is 3. The fourth-order valence-corrected chi connectivity index (χ4v) is 9.62. The zero-order valence-corrected chi connectivity index (χ0v) is 37.0. The fraction of sp³-hybridized carbons (Fsp3) is 0.465. The van der Waals surface area contributed by atoms with E-state index in [-0.39, 0.29) is 35.0 Å². The molecule has 0 unspecified atom stereocenters. The number of anilines is 1. The Morgan fingerprint density at radius 2 is 1.72 bits per heavy atom. The van der Waals surface area contributed by atoms with Gasteiger partial charge in [0.1, 0.15) is 22.3 Å². The van der Waals surface area contributed by atoms with Gasteiger partial charge in [0, 0.05) is 19.0 Å². The first-order valence-corrected chi connectivity index (χ1v) is 24.1. The summed E-state index contributed by atoms with van der Waals surface area (Å²) >= 11 is 0. The number of para-hydroxylation sites is 1. The zero-order chi connectivity index (χ0) is 41.5. The minimum atomic E-state index is -3.88. The summed E-state index contributed by atoms with van der Waals surface area (Å²) in [5.41, 5.74) is 5.61. The minimum absolute atomic E-state index is 0.0562. The van der Waals surface area contributed by atoms with Crippen molar-refractivity contribution in [2.24, 2.45) is 5.41 Å². The maximum atomic E-state index is 14.6. The molecule has 3 heterocycles. The number of amides is 1. The van der Waals surface area contributed by atoms with Gasteiger partial charge in [-0.3, -0.25) is 4.79 Å². The molecule has 14 heteroatoms. The second kappa shape index (κ2) is 16.0. The molecule has 0 aliphatic carbocycles. The monoisotopic (exact) mass is 811 g/mol. The van der Waals surface area contributed by atoms with E-state index in [0.29, 0.717) is 36.8 Å². The third-order valence-corrected chi connectivity index (χ3v) is 18.2. The van der Waals surface area contributed by atoms with E-state index < -0.39 is 29.7 Å². The van der Waals surface area contributed by atoms with Crippen molar-refractivity contribution < 1.29 is 22.4 Å². The minimum Gasteiger partial charge on any atom is -0.488 e. The van der Waals surface area contributed by atoms with E-state index in [2.05, 4.69) is 71.6 Å². The highest BCUT2D eigenvalue weighted by Gasteiger charge is 2.41. The van der Waals surface area contributed by atoms with Crippen molar-refractivity contribution in [3.05, 3.63) is 101 Å². The van der Waals surface area contributed by atoms with Crippen LogP contribution in [0.2, 0.25) is 18.1 Å².